The number of carbonyl (C=O) groups is 1. The maximum Gasteiger partial charge on any atom is 0.416 e. The van der Waals surface area contributed by atoms with Gasteiger partial charge in [0.1, 0.15) is 11.4 Å². The summed E-state index contributed by atoms with van der Waals surface area (Å²) in [6, 6.07) is 7.03. The van der Waals surface area contributed by atoms with Crippen molar-refractivity contribution >= 4 is 25.1 Å². The molecule has 1 aromatic carbocycles. The monoisotopic (exact) mass is 528 g/mol. The number of hydrogen-bond donors (Lipinski definition) is 2. The van der Waals surface area contributed by atoms with Crippen LogP contribution in [0.5, 0.6) is 0 Å². The molecule has 0 fully saturated rings. The average Bonchev–Trinajstić information content (AvgIpc) is 3.48. The topological polar surface area (TPSA) is 88.5 Å². The van der Waals surface area contributed by atoms with Crippen LogP contribution in [0, 0.1) is 0 Å². The summed E-state index contributed by atoms with van der Waals surface area (Å²) in [5, 5.41) is 13.1. The first-order valence-corrected chi connectivity index (χ1v) is 10.0. The Labute approximate surface area is 207 Å². The van der Waals surface area contributed by atoms with Crippen molar-refractivity contribution in [2.45, 2.75) is 25.3 Å². The molecular formula is C22H18F6N6OS. The van der Waals surface area contributed by atoms with Crippen molar-refractivity contribution in [2.75, 3.05) is 5.32 Å². The van der Waals surface area contributed by atoms with Crippen LogP contribution in [0.25, 0.3) is 11.4 Å². The number of aromatic nitrogens is 5. The molecule has 0 aliphatic rings. The molecule has 1 atom stereocenters. The van der Waals surface area contributed by atoms with Crippen molar-refractivity contribution in [1.82, 2.24) is 25.0 Å². The van der Waals surface area contributed by atoms with E-state index in [1.54, 1.807) is 24.4 Å². The normalized spacial score (nSPS) is 12.6. The first kappa shape index (κ1) is 26.8. The summed E-state index contributed by atoms with van der Waals surface area (Å²) < 4.78 is 80.5. The molecule has 1 amide bonds. The minimum atomic E-state index is -5.01. The molecular weight excluding hydrogens is 510 g/mol. The molecule has 0 unspecified atom stereocenters. The summed E-state index contributed by atoms with van der Waals surface area (Å²) in [5.41, 5.74) is -1.98. The van der Waals surface area contributed by atoms with E-state index in [-0.39, 0.29) is 30.9 Å². The number of pyridine rings is 1. The maximum absolute atomic E-state index is 13.5. The summed E-state index contributed by atoms with van der Waals surface area (Å²) in [7, 11) is 0. The van der Waals surface area contributed by atoms with Gasteiger partial charge in [0.15, 0.2) is 0 Å². The van der Waals surface area contributed by atoms with Gasteiger partial charge in [0.25, 0.3) is 5.91 Å². The summed E-state index contributed by atoms with van der Waals surface area (Å²) >= 11 is 0. The van der Waals surface area contributed by atoms with Crippen LogP contribution in [0.15, 0.2) is 61.1 Å². The number of anilines is 1. The van der Waals surface area contributed by atoms with Crippen LogP contribution in [0.2, 0.25) is 0 Å². The zero-order valence-corrected chi connectivity index (χ0v) is 19.3. The van der Waals surface area contributed by atoms with E-state index >= 15 is 0 Å². The highest BCUT2D eigenvalue weighted by atomic mass is 32.1. The van der Waals surface area contributed by atoms with Gasteiger partial charge in [0, 0.05) is 12.4 Å². The molecule has 7 nitrogen and oxygen atoms in total. The van der Waals surface area contributed by atoms with E-state index in [1.165, 1.54) is 25.4 Å². The van der Waals surface area contributed by atoms with Crippen LogP contribution in [0.4, 0.5) is 32.0 Å². The molecule has 2 N–H and O–H groups in total. The van der Waals surface area contributed by atoms with Crippen LogP contribution in [-0.2, 0) is 12.4 Å². The molecule has 4 aromatic rings. The third-order valence-corrected chi connectivity index (χ3v) is 5.14. The van der Waals surface area contributed by atoms with Crippen molar-refractivity contribution in [3.8, 4) is 11.4 Å². The maximum atomic E-state index is 13.5. The van der Waals surface area contributed by atoms with Gasteiger partial charge >= 0.3 is 12.4 Å². The largest absolute Gasteiger partial charge is 0.416 e. The standard InChI is InChI=1S/C22H16F6N6O.H2S/c1-12(15-6-5-13(21(23,24)25)8-16(15)22(26,27)28)34-11-14(10-30-34)31-20(35)19-9-18(32-33-19)17-4-2-3-7-29-17;/h2-12H,1H3,(H,31,35)(H,32,33);1H2/t12-;/m0./s1. The Bertz CT molecular complexity index is 1350. The number of alkyl halides is 6. The Balaban J connectivity index is 0.00000361. The minimum Gasteiger partial charge on any atom is -0.318 e. The van der Waals surface area contributed by atoms with E-state index in [4.69, 9.17) is 0 Å². The van der Waals surface area contributed by atoms with Crippen LogP contribution in [0.3, 0.4) is 0 Å². The lowest BCUT2D eigenvalue weighted by molar-refractivity contribution is -0.143. The van der Waals surface area contributed by atoms with Crippen molar-refractivity contribution in [3.63, 3.8) is 0 Å². The number of nitrogens with one attached hydrogen (secondary N) is 2. The van der Waals surface area contributed by atoms with Gasteiger partial charge in [-0.3, -0.25) is 19.6 Å². The Morgan fingerprint density at radius 2 is 1.78 bits per heavy atom. The van der Waals surface area contributed by atoms with E-state index in [0.29, 0.717) is 17.5 Å². The van der Waals surface area contributed by atoms with Crippen molar-refractivity contribution in [2.24, 2.45) is 0 Å². The van der Waals surface area contributed by atoms with Gasteiger partial charge in [-0.1, -0.05) is 12.1 Å². The predicted octanol–water partition coefficient (Wildman–Crippen LogP) is 5.68. The Morgan fingerprint density at radius 3 is 2.42 bits per heavy atom. The van der Waals surface area contributed by atoms with Gasteiger partial charge in [0.2, 0.25) is 0 Å². The smallest absolute Gasteiger partial charge is 0.318 e. The van der Waals surface area contributed by atoms with Gasteiger partial charge in [-0.25, -0.2) is 0 Å². The fourth-order valence-electron chi connectivity index (χ4n) is 3.38. The first-order valence-electron chi connectivity index (χ1n) is 10.0. The summed E-state index contributed by atoms with van der Waals surface area (Å²) in [5.74, 6) is -0.586. The first-order chi connectivity index (χ1) is 16.4. The number of carbonyl (C=O) groups excluding carboxylic acids is 1. The molecule has 0 bridgehead atoms. The SMILES string of the molecule is C[C@@H](c1ccc(C(F)(F)F)cc1C(F)(F)F)n1cc(NC(=O)c2cc(-c3ccccn3)n[nH]2)cn1.S. The number of benzene rings is 1. The lowest BCUT2D eigenvalue weighted by atomic mass is 9.98. The number of nitrogens with zero attached hydrogens (tertiary/aromatic N) is 4. The molecule has 4 rings (SSSR count). The number of rotatable bonds is 5. The molecule has 14 heteroatoms. The molecule has 3 heterocycles. The summed E-state index contributed by atoms with van der Waals surface area (Å²) in [6.45, 7) is 1.35. The van der Waals surface area contributed by atoms with Crippen LogP contribution in [0.1, 0.15) is 40.1 Å². The van der Waals surface area contributed by atoms with Crippen LogP contribution >= 0.6 is 13.5 Å². The quantitative estimate of drug-likeness (QED) is 0.326. The van der Waals surface area contributed by atoms with Gasteiger partial charge in [-0.05, 0) is 42.8 Å². The molecule has 190 valence electrons. The second-order valence-corrected chi connectivity index (χ2v) is 7.52. The summed E-state index contributed by atoms with van der Waals surface area (Å²) in [6.07, 6.45) is -5.88. The van der Waals surface area contributed by atoms with Crippen LogP contribution < -0.4 is 5.32 Å². The van der Waals surface area contributed by atoms with E-state index < -0.39 is 41.0 Å². The zero-order chi connectivity index (χ0) is 25.4. The second-order valence-electron chi connectivity index (χ2n) is 7.52. The summed E-state index contributed by atoms with van der Waals surface area (Å²) in [4.78, 5) is 16.7. The molecule has 0 radical (unpaired) electrons. The molecule has 0 saturated carbocycles. The van der Waals surface area contributed by atoms with Crippen molar-refractivity contribution in [1.29, 1.82) is 0 Å². The van der Waals surface area contributed by atoms with Gasteiger partial charge in [-0.15, -0.1) is 0 Å². The lowest BCUT2D eigenvalue weighted by Crippen LogP contribution is -2.17. The van der Waals surface area contributed by atoms with Crippen molar-refractivity contribution in [3.05, 3.63) is 83.4 Å². The highest BCUT2D eigenvalue weighted by molar-refractivity contribution is 7.59. The average molecular weight is 528 g/mol. The van der Waals surface area contributed by atoms with E-state index in [0.717, 1.165) is 10.7 Å². The Morgan fingerprint density at radius 1 is 1.03 bits per heavy atom. The fourth-order valence-corrected chi connectivity index (χ4v) is 3.38. The Hall–Kier alpha value is -3.81. The molecule has 0 spiro atoms. The van der Waals surface area contributed by atoms with E-state index in [9.17, 15) is 31.1 Å². The van der Waals surface area contributed by atoms with Gasteiger partial charge in [-0.2, -0.15) is 50.0 Å². The number of H-pyrrole nitrogens is 1. The molecule has 0 aliphatic carbocycles. The van der Waals surface area contributed by atoms with E-state index in [1.807, 2.05) is 0 Å². The third-order valence-electron chi connectivity index (χ3n) is 5.14. The molecule has 3 aromatic heterocycles. The molecule has 0 saturated heterocycles. The zero-order valence-electron chi connectivity index (χ0n) is 18.3. The van der Waals surface area contributed by atoms with Crippen molar-refractivity contribution < 1.29 is 31.1 Å². The number of aromatic amines is 1. The lowest BCUT2D eigenvalue weighted by Gasteiger charge is -2.20. The Kier molecular flexibility index (Phi) is 7.48. The van der Waals surface area contributed by atoms with Gasteiger partial charge < -0.3 is 5.32 Å². The predicted molar refractivity (Wildman–Crippen MR) is 123 cm³/mol. The minimum absolute atomic E-state index is 0. The van der Waals surface area contributed by atoms with Gasteiger partial charge in [0.05, 0.1) is 34.7 Å². The number of amides is 1. The highest BCUT2D eigenvalue weighted by Crippen LogP contribution is 2.39. The second kappa shape index (κ2) is 10.0. The number of hydrogen-bond acceptors (Lipinski definition) is 4. The fraction of sp³-hybridized carbons (Fsp3) is 0.182. The van der Waals surface area contributed by atoms with Crippen LogP contribution in [-0.4, -0.2) is 30.9 Å². The molecule has 0 aliphatic heterocycles. The molecule has 36 heavy (non-hydrogen) atoms. The highest BCUT2D eigenvalue weighted by Gasteiger charge is 2.39. The number of halogens is 6. The third kappa shape index (κ3) is 5.70. The van der Waals surface area contributed by atoms with E-state index in [2.05, 4.69) is 25.6 Å².